The summed E-state index contributed by atoms with van der Waals surface area (Å²) in [5, 5.41) is 42.2. The zero-order chi connectivity index (χ0) is 36.8. The molecule has 0 aliphatic carbocycles. The Kier molecular flexibility index (Phi) is 13.4. The molecule has 10 N–H and O–H groups in total. The average Bonchev–Trinajstić information content (AvgIpc) is 3.65. The third kappa shape index (κ3) is 9.61. The molecule has 10 atom stereocenters. The number of aromatic nitrogens is 4. The maximum Gasteiger partial charge on any atom is 0.481 e. The Morgan fingerprint density at radius 2 is 1.74 bits per heavy atom. The Labute approximate surface area is 288 Å². The van der Waals surface area contributed by atoms with Crippen molar-refractivity contribution in [2.24, 2.45) is 10.7 Å². The van der Waals surface area contributed by atoms with Crippen molar-refractivity contribution in [2.45, 2.75) is 67.6 Å². The molecule has 2 saturated heterocycles. The van der Waals surface area contributed by atoms with Gasteiger partial charge in [-0.25, -0.2) is 24.1 Å². The monoisotopic (exact) mass is 763 g/mol. The molecule has 4 rings (SSSR count). The van der Waals surface area contributed by atoms with Gasteiger partial charge in [-0.15, -0.1) is 12.3 Å². The second kappa shape index (κ2) is 16.9. The van der Waals surface area contributed by atoms with E-state index in [0.717, 1.165) is 12.5 Å². The molecule has 0 spiro atoms. The minimum absolute atomic E-state index is 0.0301. The van der Waals surface area contributed by atoms with E-state index in [9.17, 15) is 44.1 Å². The molecular formula is C26H35N7O14P2S. The average molecular weight is 764 g/mol. The van der Waals surface area contributed by atoms with Gasteiger partial charge >= 0.3 is 15.6 Å². The molecule has 2 fully saturated rings. The summed E-state index contributed by atoms with van der Waals surface area (Å²) < 4.78 is 51.2. The number of rotatable bonds is 16. The van der Waals surface area contributed by atoms with Crippen LogP contribution in [0.4, 0.5) is 5.82 Å². The zero-order valence-corrected chi connectivity index (χ0v) is 28.7. The maximum atomic E-state index is 12.6. The number of carbonyl (C=O) groups is 1. The number of aliphatic hydroxyl groups is 4. The van der Waals surface area contributed by atoms with Crippen LogP contribution in [0.2, 0.25) is 0 Å². The minimum Gasteiger partial charge on any atom is -0.387 e. The van der Waals surface area contributed by atoms with E-state index in [0.29, 0.717) is 12.2 Å². The van der Waals surface area contributed by atoms with Gasteiger partial charge in [0.05, 0.1) is 13.2 Å². The van der Waals surface area contributed by atoms with Crippen LogP contribution in [0, 0.1) is 12.3 Å². The predicted octanol–water partition coefficient (Wildman–Crippen LogP) is -1.10. The van der Waals surface area contributed by atoms with Gasteiger partial charge in [0, 0.05) is 24.0 Å². The first-order chi connectivity index (χ1) is 23.6. The van der Waals surface area contributed by atoms with Crippen LogP contribution >= 0.6 is 27.4 Å². The lowest BCUT2D eigenvalue weighted by molar-refractivity contribution is -0.114. The second-order valence-electron chi connectivity index (χ2n) is 10.5. The molecule has 0 aromatic carbocycles. The smallest absolute Gasteiger partial charge is 0.387 e. The number of terminal acetylenes is 1. The van der Waals surface area contributed by atoms with Crippen LogP contribution in [0.15, 0.2) is 40.3 Å². The number of hydrogen-bond acceptors (Lipinski definition) is 18. The lowest BCUT2D eigenvalue weighted by Gasteiger charge is -2.20. The molecule has 4 unspecified atom stereocenters. The summed E-state index contributed by atoms with van der Waals surface area (Å²) in [6, 6.07) is 0. The number of thioether (sulfide) groups is 1. The number of phosphoric acid groups is 2. The first-order valence-electron chi connectivity index (χ1n) is 14.5. The van der Waals surface area contributed by atoms with E-state index in [2.05, 4.69) is 34.7 Å². The van der Waals surface area contributed by atoms with Gasteiger partial charge in [-0.2, -0.15) is 4.31 Å². The highest BCUT2D eigenvalue weighted by Crippen LogP contribution is 2.60. The van der Waals surface area contributed by atoms with Crippen molar-refractivity contribution in [1.29, 1.82) is 0 Å². The molecule has 0 radical (unpaired) electrons. The molecule has 21 nitrogen and oxygen atoms in total. The van der Waals surface area contributed by atoms with Crippen LogP contribution in [-0.4, -0.2) is 124 Å². The third-order valence-electron chi connectivity index (χ3n) is 7.08. The summed E-state index contributed by atoms with van der Waals surface area (Å²) in [6.45, 7) is -0.249. The Balaban J connectivity index is 1.34. The number of nitrogen functional groups attached to an aromatic ring is 1. The third-order valence-corrected chi connectivity index (χ3v) is 10.6. The van der Waals surface area contributed by atoms with Crippen molar-refractivity contribution in [2.75, 3.05) is 24.7 Å². The van der Waals surface area contributed by atoms with Gasteiger partial charge in [0.15, 0.2) is 34.6 Å². The minimum atomic E-state index is -5.41. The van der Waals surface area contributed by atoms with Crippen molar-refractivity contribution in [1.82, 2.24) is 19.5 Å². The Morgan fingerprint density at radius 1 is 1.10 bits per heavy atom. The number of carbonyl (C=O) groups excluding carboxylic acids is 1. The number of imidazole rings is 1. The summed E-state index contributed by atoms with van der Waals surface area (Å²) in [5.74, 6) is 2.24. The molecule has 0 saturated carbocycles. The first kappa shape index (κ1) is 39.7. The number of amides is 1. The van der Waals surface area contributed by atoms with E-state index in [-0.39, 0.29) is 27.7 Å². The molecule has 274 valence electrons. The normalized spacial score (nSPS) is 29.8. The number of hydrogen-bond donors (Lipinski definition) is 8. The van der Waals surface area contributed by atoms with E-state index in [1.807, 2.05) is 0 Å². The number of nitrogens with zero attached hydrogens (tertiary/aromatic N) is 5. The molecule has 2 aromatic heterocycles. The summed E-state index contributed by atoms with van der Waals surface area (Å²) in [5.41, 5.74) is 11.6. The number of aliphatic imine (C=N–C) groups is 1. The number of primary amides is 1. The van der Waals surface area contributed by atoms with Gasteiger partial charge in [-0.05, 0) is 19.1 Å². The number of phosphoric ester groups is 2. The zero-order valence-electron chi connectivity index (χ0n) is 26.1. The highest BCUT2D eigenvalue weighted by Gasteiger charge is 2.48. The molecule has 2 aliphatic heterocycles. The molecule has 4 heterocycles. The van der Waals surface area contributed by atoms with Gasteiger partial charge in [0.25, 0.3) is 0 Å². The molecule has 2 aromatic rings. The fourth-order valence-corrected chi connectivity index (χ4v) is 7.60. The van der Waals surface area contributed by atoms with E-state index in [1.54, 1.807) is 6.92 Å². The second-order valence-corrected chi connectivity index (χ2v) is 14.6. The summed E-state index contributed by atoms with van der Waals surface area (Å²) >= 11 is 1.18. The Hall–Kier alpha value is -3.10. The van der Waals surface area contributed by atoms with E-state index >= 15 is 0 Å². The quantitative estimate of drug-likeness (QED) is 0.0191. The number of anilines is 1. The fourth-order valence-electron chi connectivity index (χ4n) is 4.62. The molecule has 50 heavy (non-hydrogen) atoms. The van der Waals surface area contributed by atoms with Crippen LogP contribution in [-0.2, 0) is 36.8 Å². The molecule has 1 amide bonds. The van der Waals surface area contributed by atoms with Crippen LogP contribution in [0.3, 0.4) is 0 Å². The summed E-state index contributed by atoms with van der Waals surface area (Å²) in [7, 11) is -10.8. The predicted molar refractivity (Wildman–Crippen MR) is 174 cm³/mol. The fraction of sp³-hybridized carbons (Fsp3) is 0.500. The van der Waals surface area contributed by atoms with E-state index < -0.39 is 83.8 Å². The van der Waals surface area contributed by atoms with Crippen LogP contribution < -0.4 is 11.5 Å². The number of ether oxygens (including phenoxy) is 2. The maximum absolute atomic E-state index is 12.6. The molecule has 0 bridgehead atoms. The molecular weight excluding hydrogens is 728 g/mol. The van der Waals surface area contributed by atoms with Gasteiger partial charge in [-0.3, -0.25) is 23.4 Å². The highest BCUT2D eigenvalue weighted by molar-refractivity contribution is 7.99. The largest absolute Gasteiger partial charge is 0.481 e. The van der Waals surface area contributed by atoms with E-state index in [1.165, 1.54) is 34.6 Å². The van der Waals surface area contributed by atoms with E-state index in [4.69, 9.17) is 31.9 Å². The standard InChI is InChI=1S/C26H35N7O14P2S/c1-3-5-9-50-26-32-16-21(27)30-12-31-23(16)33(26)25-20(37)18(35)15(46-25)11-44-49(41,42)47-48(39,40)43-10-14-17(34)19(36)24(45-14)29-8-6-7-13(4-2)22(28)38/h1,4,6-8,12,14-15,17-20,24-25,34-37H,5,9-11H2,2H3,(H2,28,38)(H,39,40)(H,41,42)(H2,27,30,31)/b7-6-,13-4+,29-8+/t14-,15+,17+,18?,19?,20-,24-,25+/m0/s1. The van der Waals surface area contributed by atoms with Crippen molar-refractivity contribution < 1.29 is 67.0 Å². The van der Waals surface area contributed by atoms with Gasteiger partial charge in [0.1, 0.15) is 43.0 Å². The lowest BCUT2D eigenvalue weighted by Crippen LogP contribution is -2.34. The number of aliphatic hydroxyl groups excluding tert-OH is 4. The SMILES string of the molecule is C#CCCSc1nc2c(N)ncnc2n1[C@@H]1O[C@H](COP(=O)(O)OP(=O)(O)OC[C@@H]2O[C@H](/N=C/C=C\C(=C/C)C(N)=O)C(O)[C@@H]2O)C(O)[C@@H]1O. The number of allylic oxidation sites excluding steroid dienone is 2. The number of nitrogens with two attached hydrogens (primary N) is 2. The first-order valence-corrected chi connectivity index (χ1v) is 18.5. The highest BCUT2D eigenvalue weighted by atomic mass is 32.2. The van der Waals surface area contributed by atoms with Gasteiger partial charge < -0.3 is 51.2 Å². The molecule has 2 aliphatic rings. The van der Waals surface area contributed by atoms with Crippen molar-refractivity contribution >= 4 is 56.5 Å². The van der Waals surface area contributed by atoms with Crippen LogP contribution in [0.1, 0.15) is 19.6 Å². The van der Waals surface area contributed by atoms with Gasteiger partial charge in [-0.1, -0.05) is 17.8 Å². The van der Waals surface area contributed by atoms with Crippen molar-refractivity contribution in [3.05, 3.63) is 30.1 Å². The summed E-state index contributed by atoms with van der Waals surface area (Å²) in [4.78, 5) is 47.8. The molecule has 24 heteroatoms. The topological polar surface area (TPSA) is 327 Å². The van der Waals surface area contributed by atoms with Crippen molar-refractivity contribution in [3.8, 4) is 12.3 Å². The summed E-state index contributed by atoms with van der Waals surface area (Å²) in [6.07, 6.45) is -0.105. The Bertz CT molecular complexity index is 1770. The number of fused-ring (bicyclic) bond motifs is 1. The van der Waals surface area contributed by atoms with Crippen LogP contribution in [0.5, 0.6) is 0 Å². The van der Waals surface area contributed by atoms with Crippen LogP contribution in [0.25, 0.3) is 11.2 Å². The van der Waals surface area contributed by atoms with Crippen molar-refractivity contribution in [3.63, 3.8) is 0 Å². The van der Waals surface area contributed by atoms with Gasteiger partial charge in [0.2, 0.25) is 5.91 Å². The lowest BCUT2D eigenvalue weighted by atomic mass is 10.1. The Morgan fingerprint density at radius 3 is 2.36 bits per heavy atom.